The average molecular weight is 269 g/mol. The Labute approximate surface area is 114 Å². The second-order valence-corrected chi connectivity index (χ2v) is 4.12. The van der Waals surface area contributed by atoms with Crippen LogP contribution in [-0.4, -0.2) is 23.3 Å². The summed E-state index contributed by atoms with van der Waals surface area (Å²) >= 11 is 0. The summed E-state index contributed by atoms with van der Waals surface area (Å²) in [6, 6.07) is 12.2. The topological polar surface area (TPSA) is 77.2 Å². The Morgan fingerprint density at radius 1 is 1.20 bits per heavy atom. The van der Waals surface area contributed by atoms with Crippen molar-refractivity contribution in [3.05, 3.63) is 48.0 Å². The molecule has 0 saturated carbocycles. The number of ether oxygens (including phenoxy) is 1. The summed E-state index contributed by atoms with van der Waals surface area (Å²) in [7, 11) is 1.55. The molecule has 1 amide bonds. The van der Waals surface area contributed by atoms with Gasteiger partial charge in [0.1, 0.15) is 11.3 Å². The highest BCUT2D eigenvalue weighted by Crippen LogP contribution is 2.21. The van der Waals surface area contributed by atoms with E-state index >= 15 is 0 Å². The molecule has 0 saturated heterocycles. The molecule has 2 aromatic carbocycles. The van der Waals surface area contributed by atoms with Gasteiger partial charge in [0.2, 0.25) is 0 Å². The van der Waals surface area contributed by atoms with Crippen LogP contribution in [0.25, 0.3) is 11.0 Å². The SMILES string of the molecule is COc1cccc(C(=O)Nc2cccc3nonc23)c1. The molecule has 0 aliphatic heterocycles. The number of carbonyl (C=O) groups excluding carboxylic acids is 1. The van der Waals surface area contributed by atoms with Crippen molar-refractivity contribution in [3.8, 4) is 5.75 Å². The summed E-state index contributed by atoms with van der Waals surface area (Å²) < 4.78 is 9.75. The molecule has 20 heavy (non-hydrogen) atoms. The molecule has 6 nitrogen and oxygen atoms in total. The third-order valence-corrected chi connectivity index (χ3v) is 2.87. The van der Waals surface area contributed by atoms with E-state index in [2.05, 4.69) is 20.3 Å². The molecule has 3 rings (SSSR count). The largest absolute Gasteiger partial charge is 0.497 e. The highest BCUT2D eigenvalue weighted by Gasteiger charge is 2.11. The molecule has 1 aromatic heterocycles. The normalized spacial score (nSPS) is 10.4. The van der Waals surface area contributed by atoms with Crippen LogP contribution in [0.15, 0.2) is 47.1 Å². The molecule has 1 N–H and O–H groups in total. The molecular weight excluding hydrogens is 258 g/mol. The monoisotopic (exact) mass is 269 g/mol. The molecule has 0 atom stereocenters. The molecule has 0 spiro atoms. The van der Waals surface area contributed by atoms with Crippen LogP contribution in [0.1, 0.15) is 10.4 Å². The second kappa shape index (κ2) is 5.00. The van der Waals surface area contributed by atoms with Crippen molar-refractivity contribution in [1.82, 2.24) is 10.3 Å². The van der Waals surface area contributed by atoms with Gasteiger partial charge >= 0.3 is 0 Å². The van der Waals surface area contributed by atoms with Crippen molar-refractivity contribution in [2.45, 2.75) is 0 Å². The molecule has 0 aliphatic rings. The van der Waals surface area contributed by atoms with Gasteiger partial charge in [-0.25, -0.2) is 4.63 Å². The summed E-state index contributed by atoms with van der Waals surface area (Å²) in [5.74, 6) is 0.373. The van der Waals surface area contributed by atoms with E-state index in [-0.39, 0.29) is 5.91 Å². The van der Waals surface area contributed by atoms with Crippen molar-refractivity contribution in [3.63, 3.8) is 0 Å². The van der Waals surface area contributed by atoms with E-state index in [1.165, 1.54) is 0 Å². The number of hydrogen-bond donors (Lipinski definition) is 1. The van der Waals surface area contributed by atoms with Gasteiger partial charge in [-0.15, -0.1) is 0 Å². The zero-order chi connectivity index (χ0) is 13.9. The van der Waals surface area contributed by atoms with Gasteiger partial charge in [-0.3, -0.25) is 4.79 Å². The third kappa shape index (κ3) is 2.18. The summed E-state index contributed by atoms with van der Waals surface area (Å²) in [6.07, 6.45) is 0. The van der Waals surface area contributed by atoms with Crippen LogP contribution in [0.3, 0.4) is 0 Å². The van der Waals surface area contributed by atoms with Crippen molar-refractivity contribution >= 4 is 22.6 Å². The number of nitrogens with one attached hydrogen (secondary N) is 1. The van der Waals surface area contributed by atoms with E-state index in [4.69, 9.17) is 4.74 Å². The molecule has 1 heterocycles. The highest BCUT2D eigenvalue weighted by atomic mass is 16.6. The number of fused-ring (bicyclic) bond motifs is 1. The summed E-state index contributed by atoms with van der Waals surface area (Å²) in [6.45, 7) is 0. The standard InChI is InChI=1S/C14H11N3O3/c1-19-10-5-2-4-9(8-10)14(18)15-11-6-3-7-12-13(11)17-20-16-12/h2-8H,1H3,(H,15,18). The van der Waals surface area contributed by atoms with E-state index in [1.807, 2.05) is 0 Å². The lowest BCUT2D eigenvalue weighted by molar-refractivity contribution is 0.102. The van der Waals surface area contributed by atoms with Gasteiger partial charge in [-0.2, -0.15) is 0 Å². The predicted molar refractivity (Wildman–Crippen MR) is 72.8 cm³/mol. The number of aromatic nitrogens is 2. The number of rotatable bonds is 3. The zero-order valence-corrected chi connectivity index (χ0v) is 10.7. The van der Waals surface area contributed by atoms with E-state index < -0.39 is 0 Å². The molecule has 6 heteroatoms. The summed E-state index contributed by atoms with van der Waals surface area (Å²) in [4.78, 5) is 12.2. The molecule has 0 unspecified atom stereocenters. The van der Waals surface area contributed by atoms with Gasteiger partial charge < -0.3 is 10.1 Å². The number of carbonyl (C=O) groups is 1. The molecule has 0 fully saturated rings. The van der Waals surface area contributed by atoms with Crippen LogP contribution in [0, 0.1) is 0 Å². The van der Waals surface area contributed by atoms with Crippen molar-refractivity contribution in [1.29, 1.82) is 0 Å². The fraction of sp³-hybridized carbons (Fsp3) is 0.0714. The zero-order valence-electron chi connectivity index (χ0n) is 10.7. The van der Waals surface area contributed by atoms with Gasteiger partial charge in [0.05, 0.1) is 12.8 Å². The smallest absolute Gasteiger partial charge is 0.255 e. The Balaban J connectivity index is 1.90. The summed E-state index contributed by atoms with van der Waals surface area (Å²) in [5.41, 5.74) is 2.16. The fourth-order valence-corrected chi connectivity index (χ4v) is 1.87. The minimum Gasteiger partial charge on any atom is -0.497 e. The number of methoxy groups -OCH3 is 1. The van der Waals surface area contributed by atoms with Gasteiger partial charge in [0.25, 0.3) is 5.91 Å². The van der Waals surface area contributed by atoms with E-state index in [9.17, 15) is 4.79 Å². The fourth-order valence-electron chi connectivity index (χ4n) is 1.87. The van der Waals surface area contributed by atoms with Crippen molar-refractivity contribution < 1.29 is 14.2 Å². The lowest BCUT2D eigenvalue weighted by atomic mass is 10.2. The summed E-state index contributed by atoms with van der Waals surface area (Å²) in [5, 5.41) is 10.3. The van der Waals surface area contributed by atoms with Gasteiger partial charge in [-0.05, 0) is 40.6 Å². The second-order valence-electron chi connectivity index (χ2n) is 4.12. The molecule has 0 bridgehead atoms. The van der Waals surface area contributed by atoms with E-state index in [0.29, 0.717) is 28.0 Å². The first-order valence-corrected chi connectivity index (χ1v) is 5.94. The molecule has 0 aliphatic carbocycles. The minimum atomic E-state index is -0.251. The predicted octanol–water partition coefficient (Wildman–Crippen LogP) is 2.48. The van der Waals surface area contributed by atoms with Gasteiger partial charge in [0, 0.05) is 5.56 Å². The first kappa shape index (κ1) is 12.2. The van der Waals surface area contributed by atoms with Crippen LogP contribution in [-0.2, 0) is 0 Å². The maximum absolute atomic E-state index is 12.2. The quantitative estimate of drug-likeness (QED) is 0.790. The average Bonchev–Trinajstić information content (AvgIpc) is 2.97. The van der Waals surface area contributed by atoms with Crippen LogP contribution in [0.2, 0.25) is 0 Å². The Kier molecular flexibility index (Phi) is 3.04. The molecule has 3 aromatic rings. The number of hydrogen-bond acceptors (Lipinski definition) is 5. The van der Waals surface area contributed by atoms with Crippen molar-refractivity contribution in [2.24, 2.45) is 0 Å². The Morgan fingerprint density at radius 2 is 2.05 bits per heavy atom. The van der Waals surface area contributed by atoms with E-state index in [1.54, 1.807) is 49.6 Å². The number of amides is 1. The van der Waals surface area contributed by atoms with Gasteiger partial charge in [0.15, 0.2) is 5.52 Å². The molecular formula is C14H11N3O3. The minimum absolute atomic E-state index is 0.251. The molecule has 0 radical (unpaired) electrons. The Morgan fingerprint density at radius 3 is 2.90 bits per heavy atom. The highest BCUT2D eigenvalue weighted by molar-refractivity contribution is 6.07. The lowest BCUT2D eigenvalue weighted by Gasteiger charge is -2.06. The number of benzene rings is 2. The maximum atomic E-state index is 12.2. The maximum Gasteiger partial charge on any atom is 0.255 e. The van der Waals surface area contributed by atoms with Crippen molar-refractivity contribution in [2.75, 3.05) is 12.4 Å². The number of anilines is 1. The number of nitrogens with zero attached hydrogens (tertiary/aromatic N) is 2. The Bertz CT molecular complexity index is 767. The van der Waals surface area contributed by atoms with E-state index in [0.717, 1.165) is 0 Å². The van der Waals surface area contributed by atoms with Crippen LogP contribution < -0.4 is 10.1 Å². The molecule has 100 valence electrons. The first-order valence-electron chi connectivity index (χ1n) is 5.94. The lowest BCUT2D eigenvalue weighted by Crippen LogP contribution is -2.12. The van der Waals surface area contributed by atoms with Crippen LogP contribution in [0.5, 0.6) is 5.75 Å². The Hall–Kier alpha value is -2.89. The van der Waals surface area contributed by atoms with Crippen LogP contribution >= 0.6 is 0 Å². The van der Waals surface area contributed by atoms with Gasteiger partial charge in [-0.1, -0.05) is 12.1 Å². The third-order valence-electron chi connectivity index (χ3n) is 2.87. The first-order chi connectivity index (χ1) is 9.78. The van der Waals surface area contributed by atoms with Crippen LogP contribution in [0.4, 0.5) is 5.69 Å².